The summed E-state index contributed by atoms with van der Waals surface area (Å²) in [6.07, 6.45) is -0.484. The fourth-order valence-corrected chi connectivity index (χ4v) is 1.49. The number of nitrogen functional groups attached to an aromatic ring is 1. The molecule has 0 aliphatic rings. The van der Waals surface area contributed by atoms with E-state index in [1.807, 2.05) is 34.6 Å². The lowest BCUT2D eigenvalue weighted by Gasteiger charge is -2.19. The van der Waals surface area contributed by atoms with Gasteiger partial charge in [-0.05, 0) is 20.8 Å². The van der Waals surface area contributed by atoms with Crippen LogP contribution in [0.3, 0.4) is 0 Å². The molecule has 1 heterocycles. The zero-order valence-electron chi connectivity index (χ0n) is 10.5. The van der Waals surface area contributed by atoms with Crippen molar-refractivity contribution >= 4 is 28.8 Å². The van der Waals surface area contributed by atoms with Crippen molar-refractivity contribution in [3.63, 3.8) is 0 Å². The standard InChI is InChI=1S/C9H14N2O2S.C2H6/c1-9(2,3)13-8(12)11-7-5-14-4-6(7)10;1-2/h4-5H,10H2,1-3H3,(H,11,12);1-2H3. The molecule has 0 aliphatic heterocycles. The largest absolute Gasteiger partial charge is 0.444 e. The number of ether oxygens (including phenoxy) is 1. The molecular formula is C11H20N2O2S. The highest BCUT2D eigenvalue weighted by Crippen LogP contribution is 2.23. The fraction of sp³-hybridized carbons (Fsp3) is 0.545. The Kier molecular flexibility index (Phi) is 5.88. The van der Waals surface area contributed by atoms with Crippen LogP contribution in [-0.4, -0.2) is 11.7 Å². The summed E-state index contributed by atoms with van der Waals surface area (Å²) in [6.45, 7) is 9.43. The number of amides is 1. The summed E-state index contributed by atoms with van der Waals surface area (Å²) in [5, 5.41) is 6.09. The zero-order chi connectivity index (χ0) is 12.8. The number of carbonyl (C=O) groups excluding carboxylic acids is 1. The topological polar surface area (TPSA) is 64.3 Å². The van der Waals surface area contributed by atoms with E-state index in [-0.39, 0.29) is 0 Å². The molecule has 0 unspecified atom stereocenters. The first-order chi connectivity index (χ1) is 7.38. The molecule has 0 aromatic carbocycles. The molecule has 4 nitrogen and oxygen atoms in total. The second-order valence-corrected chi connectivity index (χ2v) is 4.61. The van der Waals surface area contributed by atoms with Gasteiger partial charge in [0.05, 0.1) is 11.4 Å². The predicted octanol–water partition coefficient (Wildman–Crippen LogP) is 3.70. The van der Waals surface area contributed by atoms with Gasteiger partial charge < -0.3 is 10.5 Å². The maximum Gasteiger partial charge on any atom is 0.412 e. The number of hydrogen-bond donors (Lipinski definition) is 2. The zero-order valence-corrected chi connectivity index (χ0v) is 11.3. The van der Waals surface area contributed by atoms with Crippen molar-refractivity contribution in [1.82, 2.24) is 0 Å². The van der Waals surface area contributed by atoms with Crippen LogP contribution in [0.5, 0.6) is 0 Å². The summed E-state index contributed by atoms with van der Waals surface area (Å²) in [5.41, 5.74) is 6.26. The Hall–Kier alpha value is -1.23. The molecule has 16 heavy (non-hydrogen) atoms. The predicted molar refractivity (Wildman–Crippen MR) is 69.9 cm³/mol. The summed E-state index contributed by atoms with van der Waals surface area (Å²) in [4.78, 5) is 11.3. The normalized spacial score (nSPS) is 10.1. The molecule has 0 saturated carbocycles. The average Bonchev–Trinajstić information content (AvgIpc) is 2.52. The molecule has 0 saturated heterocycles. The highest BCUT2D eigenvalue weighted by molar-refractivity contribution is 7.08. The Morgan fingerprint density at radius 2 is 1.94 bits per heavy atom. The van der Waals surface area contributed by atoms with Gasteiger partial charge in [-0.15, -0.1) is 11.3 Å². The van der Waals surface area contributed by atoms with Crippen LogP contribution in [0.4, 0.5) is 16.2 Å². The van der Waals surface area contributed by atoms with Crippen LogP contribution in [0, 0.1) is 0 Å². The molecule has 92 valence electrons. The van der Waals surface area contributed by atoms with Crippen LogP contribution in [0.2, 0.25) is 0 Å². The minimum Gasteiger partial charge on any atom is -0.444 e. The molecule has 1 rings (SSSR count). The van der Waals surface area contributed by atoms with Crippen molar-refractivity contribution in [3.8, 4) is 0 Å². The van der Waals surface area contributed by atoms with E-state index in [9.17, 15) is 4.79 Å². The van der Waals surface area contributed by atoms with Gasteiger partial charge in [0.15, 0.2) is 0 Å². The second-order valence-electron chi connectivity index (χ2n) is 3.87. The molecule has 0 fully saturated rings. The summed E-state index contributed by atoms with van der Waals surface area (Å²) < 4.78 is 5.07. The fourth-order valence-electron chi connectivity index (χ4n) is 0.822. The van der Waals surface area contributed by atoms with Crippen molar-refractivity contribution in [2.45, 2.75) is 40.2 Å². The number of nitrogens with two attached hydrogens (primary N) is 1. The minimum absolute atomic E-state index is 0.484. The Morgan fingerprint density at radius 3 is 2.31 bits per heavy atom. The highest BCUT2D eigenvalue weighted by Gasteiger charge is 2.16. The SMILES string of the molecule is CC.CC(C)(C)OC(=O)Nc1cscc1N. The van der Waals surface area contributed by atoms with Gasteiger partial charge in [-0.25, -0.2) is 4.79 Å². The van der Waals surface area contributed by atoms with Crippen LogP contribution in [-0.2, 0) is 4.74 Å². The third-order valence-electron chi connectivity index (χ3n) is 1.33. The van der Waals surface area contributed by atoms with E-state index >= 15 is 0 Å². The maximum atomic E-state index is 11.3. The second kappa shape index (κ2) is 6.37. The molecule has 1 aromatic rings. The van der Waals surface area contributed by atoms with E-state index in [0.29, 0.717) is 11.4 Å². The van der Waals surface area contributed by atoms with Crippen LogP contribution < -0.4 is 11.1 Å². The third kappa shape index (κ3) is 5.60. The first-order valence-corrected chi connectivity index (χ1v) is 6.14. The first kappa shape index (κ1) is 14.8. The van der Waals surface area contributed by atoms with Crippen LogP contribution >= 0.6 is 11.3 Å². The average molecular weight is 244 g/mol. The van der Waals surface area contributed by atoms with Gasteiger partial charge in [0.2, 0.25) is 0 Å². The van der Waals surface area contributed by atoms with E-state index in [1.165, 1.54) is 11.3 Å². The smallest absolute Gasteiger partial charge is 0.412 e. The number of anilines is 2. The lowest BCUT2D eigenvalue weighted by molar-refractivity contribution is 0.0636. The Bertz CT molecular complexity index is 329. The summed E-state index contributed by atoms with van der Waals surface area (Å²) in [5.74, 6) is 0. The molecule has 0 bridgehead atoms. The van der Waals surface area contributed by atoms with Gasteiger partial charge in [-0.2, -0.15) is 0 Å². The molecule has 0 aliphatic carbocycles. The number of thiophene rings is 1. The quantitative estimate of drug-likeness (QED) is 0.791. The molecule has 0 radical (unpaired) electrons. The van der Waals surface area contributed by atoms with Gasteiger partial charge in [0.1, 0.15) is 5.60 Å². The lowest BCUT2D eigenvalue weighted by Crippen LogP contribution is -2.27. The van der Waals surface area contributed by atoms with Gasteiger partial charge >= 0.3 is 6.09 Å². The van der Waals surface area contributed by atoms with E-state index in [2.05, 4.69) is 5.32 Å². The lowest BCUT2D eigenvalue weighted by atomic mass is 10.2. The van der Waals surface area contributed by atoms with E-state index in [1.54, 1.807) is 10.8 Å². The van der Waals surface area contributed by atoms with Gasteiger partial charge in [0, 0.05) is 10.8 Å². The Morgan fingerprint density at radius 1 is 1.38 bits per heavy atom. The van der Waals surface area contributed by atoms with Crippen LogP contribution in [0.15, 0.2) is 10.8 Å². The Balaban J connectivity index is 0.00000106. The molecule has 1 aromatic heterocycles. The summed E-state index contributed by atoms with van der Waals surface area (Å²) >= 11 is 1.43. The number of rotatable bonds is 1. The summed E-state index contributed by atoms with van der Waals surface area (Å²) in [6, 6.07) is 0. The third-order valence-corrected chi connectivity index (χ3v) is 2.09. The van der Waals surface area contributed by atoms with E-state index < -0.39 is 11.7 Å². The maximum absolute atomic E-state index is 11.3. The highest BCUT2D eigenvalue weighted by atomic mass is 32.1. The minimum atomic E-state index is -0.491. The number of hydrogen-bond acceptors (Lipinski definition) is 4. The summed E-state index contributed by atoms with van der Waals surface area (Å²) in [7, 11) is 0. The Labute approximate surface area is 101 Å². The van der Waals surface area contributed by atoms with Gasteiger partial charge in [-0.1, -0.05) is 13.8 Å². The van der Waals surface area contributed by atoms with E-state index in [4.69, 9.17) is 10.5 Å². The molecule has 3 N–H and O–H groups in total. The molecule has 0 spiro atoms. The van der Waals surface area contributed by atoms with Gasteiger partial charge in [0.25, 0.3) is 0 Å². The monoisotopic (exact) mass is 244 g/mol. The first-order valence-electron chi connectivity index (χ1n) is 5.20. The molecule has 5 heteroatoms. The van der Waals surface area contributed by atoms with Crippen molar-refractivity contribution in [2.75, 3.05) is 11.1 Å². The molecule has 1 amide bonds. The van der Waals surface area contributed by atoms with Crippen molar-refractivity contribution < 1.29 is 9.53 Å². The number of carbonyl (C=O) groups is 1. The van der Waals surface area contributed by atoms with Crippen molar-refractivity contribution in [1.29, 1.82) is 0 Å². The molecule has 0 atom stereocenters. The molecular weight excluding hydrogens is 224 g/mol. The van der Waals surface area contributed by atoms with Crippen LogP contribution in [0.25, 0.3) is 0 Å². The van der Waals surface area contributed by atoms with Crippen molar-refractivity contribution in [2.24, 2.45) is 0 Å². The van der Waals surface area contributed by atoms with Crippen molar-refractivity contribution in [3.05, 3.63) is 10.8 Å². The van der Waals surface area contributed by atoms with E-state index in [0.717, 1.165) is 0 Å². The van der Waals surface area contributed by atoms with Gasteiger partial charge in [-0.3, -0.25) is 5.32 Å². The number of nitrogens with one attached hydrogen (secondary N) is 1. The van der Waals surface area contributed by atoms with Crippen LogP contribution in [0.1, 0.15) is 34.6 Å².